The maximum atomic E-state index is 9.87. The molecule has 0 saturated carbocycles. The second-order valence-electron chi connectivity index (χ2n) is 8.04. The molecule has 0 N–H and O–H groups in total. The third kappa shape index (κ3) is 19.2. The normalized spacial score (nSPS) is 12.9. The van der Waals surface area contributed by atoms with Crippen molar-refractivity contribution >= 4 is 13.9 Å². The minimum absolute atomic E-state index is 0. The SMILES string of the molecule is C=Cc1ccccc1.CC(C)(C)Cc1cccc(-c2ccccn2)n1.F[P-](F)(F)(F)(F)F.[Au+]. The number of aromatic nitrogens is 2. The van der Waals surface area contributed by atoms with E-state index >= 15 is 0 Å². The quantitative estimate of drug-likeness (QED) is 0.158. The number of nitrogens with zero attached hydrogens (tertiary/aromatic N) is 2. The van der Waals surface area contributed by atoms with Gasteiger partial charge in [-0.25, -0.2) is 0 Å². The molecule has 0 bridgehead atoms. The van der Waals surface area contributed by atoms with Crippen molar-refractivity contribution in [2.45, 2.75) is 27.2 Å². The first kappa shape index (κ1) is 31.0. The van der Waals surface area contributed by atoms with Crippen molar-refractivity contribution in [2.75, 3.05) is 0 Å². The van der Waals surface area contributed by atoms with E-state index in [4.69, 9.17) is 0 Å². The van der Waals surface area contributed by atoms with Gasteiger partial charge in [-0.2, -0.15) is 0 Å². The minimum Gasteiger partial charge on any atom is 1.00 e. The topological polar surface area (TPSA) is 25.8 Å². The number of pyridine rings is 2. The summed E-state index contributed by atoms with van der Waals surface area (Å²) >= 11 is 0. The van der Waals surface area contributed by atoms with E-state index in [9.17, 15) is 25.2 Å². The molecule has 186 valence electrons. The van der Waals surface area contributed by atoms with Crippen LogP contribution in [0.4, 0.5) is 25.2 Å². The Hall–Kier alpha value is -1.99. The molecule has 0 unspecified atom stereocenters. The third-order valence-corrected chi connectivity index (χ3v) is 3.48. The van der Waals surface area contributed by atoms with Crippen molar-refractivity contribution in [3.8, 4) is 11.4 Å². The zero-order chi connectivity index (χ0) is 24.5. The second-order valence-corrected chi connectivity index (χ2v) is 9.96. The zero-order valence-electron chi connectivity index (χ0n) is 18.3. The van der Waals surface area contributed by atoms with Crippen LogP contribution in [0.3, 0.4) is 0 Å². The fraction of sp³-hybridized carbons (Fsp3) is 0.217. The van der Waals surface area contributed by atoms with Crippen LogP contribution in [0.15, 0.2) is 79.5 Å². The summed E-state index contributed by atoms with van der Waals surface area (Å²) in [7, 11) is -10.7. The molecular weight excluding hydrogens is 646 g/mol. The summed E-state index contributed by atoms with van der Waals surface area (Å²) in [6, 6.07) is 22.1. The zero-order valence-corrected chi connectivity index (χ0v) is 21.4. The van der Waals surface area contributed by atoms with E-state index in [2.05, 4.69) is 49.5 Å². The van der Waals surface area contributed by atoms with Gasteiger partial charge in [0.1, 0.15) is 0 Å². The summed E-state index contributed by atoms with van der Waals surface area (Å²) in [5.41, 5.74) is 4.44. The predicted octanol–water partition coefficient (Wildman–Crippen LogP) is 9.44. The first-order valence-corrected chi connectivity index (χ1v) is 11.6. The molecule has 1 aromatic carbocycles. The molecule has 2 heterocycles. The Balaban J connectivity index is 0.000000536. The molecule has 0 radical (unpaired) electrons. The summed E-state index contributed by atoms with van der Waals surface area (Å²) < 4.78 is 59.2. The Bertz CT molecular complexity index is 979. The molecular formula is C23H26AuF6N2P. The number of rotatable bonds is 3. The maximum absolute atomic E-state index is 10.7. The summed E-state index contributed by atoms with van der Waals surface area (Å²) in [5, 5.41) is 0. The summed E-state index contributed by atoms with van der Waals surface area (Å²) in [6.07, 6.45) is 4.61. The molecule has 2 aromatic heterocycles. The van der Waals surface area contributed by atoms with Crippen molar-refractivity contribution < 1.29 is 47.6 Å². The molecule has 0 saturated heterocycles. The van der Waals surface area contributed by atoms with E-state index < -0.39 is 7.81 Å². The Labute approximate surface area is 205 Å². The average Bonchev–Trinajstić information content (AvgIpc) is 2.66. The van der Waals surface area contributed by atoms with Gasteiger partial charge in [-0.1, -0.05) is 75.9 Å². The number of halogens is 6. The fourth-order valence-corrected chi connectivity index (χ4v) is 2.37. The van der Waals surface area contributed by atoms with Crippen LogP contribution in [-0.4, -0.2) is 9.97 Å². The van der Waals surface area contributed by atoms with Crippen molar-refractivity contribution in [3.05, 3.63) is 90.8 Å². The molecule has 0 aliphatic carbocycles. The van der Waals surface area contributed by atoms with Gasteiger partial charge in [0.2, 0.25) is 0 Å². The molecule has 0 aliphatic rings. The van der Waals surface area contributed by atoms with Gasteiger partial charge in [-0.3, -0.25) is 9.97 Å². The summed E-state index contributed by atoms with van der Waals surface area (Å²) in [6.45, 7) is 10.3. The van der Waals surface area contributed by atoms with E-state index in [1.54, 1.807) is 6.20 Å². The molecule has 0 aliphatic heterocycles. The van der Waals surface area contributed by atoms with Gasteiger partial charge in [-0.05, 0) is 41.7 Å². The first-order valence-electron chi connectivity index (χ1n) is 9.54. The first-order chi connectivity index (χ1) is 14.4. The molecule has 0 fully saturated rings. The van der Waals surface area contributed by atoms with Crippen LogP contribution in [0.5, 0.6) is 0 Å². The van der Waals surface area contributed by atoms with E-state index in [-0.39, 0.29) is 27.8 Å². The van der Waals surface area contributed by atoms with Gasteiger partial charge in [-0.15, -0.1) is 0 Å². The second kappa shape index (κ2) is 11.4. The predicted molar refractivity (Wildman–Crippen MR) is 121 cm³/mol. The van der Waals surface area contributed by atoms with E-state index in [1.807, 2.05) is 60.7 Å². The van der Waals surface area contributed by atoms with Gasteiger partial charge in [0.05, 0.1) is 11.4 Å². The van der Waals surface area contributed by atoms with Crippen LogP contribution >= 0.6 is 7.81 Å². The van der Waals surface area contributed by atoms with Crippen molar-refractivity contribution in [2.24, 2.45) is 5.41 Å². The van der Waals surface area contributed by atoms with Crippen molar-refractivity contribution in [3.63, 3.8) is 0 Å². The van der Waals surface area contributed by atoms with E-state index in [0.29, 0.717) is 0 Å². The van der Waals surface area contributed by atoms with Crippen LogP contribution in [0.25, 0.3) is 17.5 Å². The van der Waals surface area contributed by atoms with Crippen molar-refractivity contribution in [1.29, 1.82) is 0 Å². The van der Waals surface area contributed by atoms with Gasteiger partial charge in [0, 0.05) is 11.9 Å². The number of hydrogen-bond donors (Lipinski definition) is 0. The Morgan fingerprint density at radius 1 is 0.788 bits per heavy atom. The molecule has 0 spiro atoms. The van der Waals surface area contributed by atoms with Crippen LogP contribution in [0.2, 0.25) is 0 Å². The van der Waals surface area contributed by atoms with E-state index in [1.165, 1.54) is 5.56 Å². The fourth-order valence-electron chi connectivity index (χ4n) is 2.37. The molecule has 2 nitrogen and oxygen atoms in total. The Kier molecular flexibility index (Phi) is 10.7. The Morgan fingerprint density at radius 2 is 1.30 bits per heavy atom. The molecule has 10 heteroatoms. The third-order valence-electron chi connectivity index (χ3n) is 3.48. The average molecular weight is 672 g/mol. The van der Waals surface area contributed by atoms with Crippen LogP contribution in [-0.2, 0) is 28.8 Å². The maximum Gasteiger partial charge on any atom is 1.00 e. The van der Waals surface area contributed by atoms with Crippen LogP contribution in [0, 0.1) is 5.41 Å². The monoisotopic (exact) mass is 672 g/mol. The van der Waals surface area contributed by atoms with Crippen LogP contribution in [0.1, 0.15) is 32.0 Å². The van der Waals surface area contributed by atoms with Gasteiger partial charge >= 0.3 is 55.4 Å². The number of hydrogen-bond acceptors (Lipinski definition) is 2. The van der Waals surface area contributed by atoms with Crippen LogP contribution < -0.4 is 0 Å². The minimum atomic E-state index is -10.7. The molecule has 0 amide bonds. The summed E-state index contributed by atoms with van der Waals surface area (Å²) in [4.78, 5) is 8.99. The standard InChI is InChI=1S/C15H18N2.C8H8.Au.F6P/c1-15(2,3)11-12-7-6-9-14(17-12)13-8-4-5-10-16-13;1-2-8-6-4-3-5-7-8;;1-7(2,3,4,5)6/h4-10H,11H2,1-3H3;2-7H,1H2;;/q;;+1;-1. The molecule has 0 atom stereocenters. The van der Waals surface area contributed by atoms with Gasteiger partial charge in [0.15, 0.2) is 0 Å². The summed E-state index contributed by atoms with van der Waals surface area (Å²) in [5.74, 6) is 0. The molecule has 3 rings (SSSR count). The smallest absolute Gasteiger partial charge is 1.00 e. The largest absolute Gasteiger partial charge is 1.00 e. The van der Waals surface area contributed by atoms with Gasteiger partial charge in [0.25, 0.3) is 0 Å². The number of benzene rings is 1. The molecule has 33 heavy (non-hydrogen) atoms. The van der Waals surface area contributed by atoms with Crippen molar-refractivity contribution in [1.82, 2.24) is 9.97 Å². The van der Waals surface area contributed by atoms with E-state index in [0.717, 1.165) is 23.5 Å². The molecule has 3 aromatic rings. The van der Waals surface area contributed by atoms with Gasteiger partial charge < -0.3 is 0 Å². The Morgan fingerprint density at radius 3 is 1.73 bits per heavy atom.